The molecule has 0 saturated heterocycles. The van der Waals surface area contributed by atoms with Crippen molar-refractivity contribution in [3.05, 3.63) is 43.7 Å². The number of aromatic nitrogens is 3. The fourth-order valence-electron chi connectivity index (χ4n) is 1.31. The Kier molecular flexibility index (Phi) is 3.35. The van der Waals surface area contributed by atoms with E-state index in [4.69, 9.17) is 16.0 Å². The number of nitrogens with zero attached hydrogens (tertiary/aromatic N) is 3. The molecule has 0 amide bonds. The van der Waals surface area contributed by atoms with Crippen LogP contribution in [0, 0.1) is 13.8 Å². The number of aryl methyl sites for hydroxylation is 2. The van der Waals surface area contributed by atoms with Gasteiger partial charge < -0.3 is 4.42 Å². The molecule has 0 fully saturated rings. The van der Waals surface area contributed by atoms with Crippen molar-refractivity contribution >= 4 is 27.5 Å². The molecule has 90 valence electrons. The Labute approximate surface area is 111 Å². The van der Waals surface area contributed by atoms with Gasteiger partial charge in [-0.25, -0.2) is 9.97 Å². The number of hydrogen-bond acceptors (Lipinski definition) is 4. The highest BCUT2D eigenvalue weighted by atomic mass is 79.9. The third-order valence-corrected chi connectivity index (χ3v) is 3.55. The van der Waals surface area contributed by atoms with Gasteiger partial charge in [0, 0.05) is 0 Å². The zero-order chi connectivity index (χ0) is 12.6. The largest absolute Gasteiger partial charge is 0.444 e. The Bertz CT molecular complexity index is 601. The van der Waals surface area contributed by atoms with Gasteiger partial charge in [-0.2, -0.15) is 0 Å². The van der Waals surface area contributed by atoms with Gasteiger partial charge >= 0.3 is 0 Å². The standard InChI is InChI=1S/C10H9BrClN3O2/c1-5-6(2)17-7(14-5)3-15-4-13-9(12)8(11)10(15)16/h4H,3H2,1-2H3. The first kappa shape index (κ1) is 12.3. The van der Waals surface area contributed by atoms with Crippen molar-refractivity contribution < 1.29 is 4.42 Å². The first-order valence-electron chi connectivity index (χ1n) is 4.82. The molecule has 7 heteroatoms. The summed E-state index contributed by atoms with van der Waals surface area (Å²) in [5.41, 5.74) is 0.549. The van der Waals surface area contributed by atoms with Crippen LogP contribution in [0.4, 0.5) is 0 Å². The Morgan fingerprint density at radius 3 is 2.82 bits per heavy atom. The number of hydrogen-bond donors (Lipinski definition) is 0. The summed E-state index contributed by atoms with van der Waals surface area (Å²) in [4.78, 5) is 19.9. The van der Waals surface area contributed by atoms with Crippen LogP contribution in [0.2, 0.25) is 5.15 Å². The lowest BCUT2D eigenvalue weighted by Crippen LogP contribution is -2.22. The highest BCUT2D eigenvalue weighted by Gasteiger charge is 2.10. The zero-order valence-electron chi connectivity index (χ0n) is 9.20. The monoisotopic (exact) mass is 317 g/mol. The second kappa shape index (κ2) is 4.62. The predicted octanol–water partition coefficient (Wildman–Crippen LogP) is 2.31. The van der Waals surface area contributed by atoms with Crippen LogP contribution in [0.3, 0.4) is 0 Å². The van der Waals surface area contributed by atoms with Crippen molar-refractivity contribution in [3.63, 3.8) is 0 Å². The Hall–Kier alpha value is -1.14. The summed E-state index contributed by atoms with van der Waals surface area (Å²) in [5.74, 6) is 1.21. The fourth-order valence-corrected chi connectivity index (χ4v) is 1.76. The van der Waals surface area contributed by atoms with Crippen LogP contribution in [-0.2, 0) is 6.54 Å². The number of halogens is 2. The smallest absolute Gasteiger partial charge is 0.269 e. The van der Waals surface area contributed by atoms with E-state index in [1.807, 2.05) is 13.8 Å². The van der Waals surface area contributed by atoms with Crippen LogP contribution in [0.1, 0.15) is 17.3 Å². The van der Waals surface area contributed by atoms with Gasteiger partial charge in [0.25, 0.3) is 5.56 Å². The second-order valence-electron chi connectivity index (χ2n) is 3.53. The SMILES string of the molecule is Cc1nc(Cn2cnc(Cl)c(Br)c2=O)oc1C. The lowest BCUT2D eigenvalue weighted by atomic mass is 10.4. The molecule has 5 nitrogen and oxygen atoms in total. The Morgan fingerprint density at radius 2 is 2.24 bits per heavy atom. The molecular formula is C10H9BrClN3O2. The average molecular weight is 319 g/mol. The van der Waals surface area contributed by atoms with E-state index in [2.05, 4.69) is 25.9 Å². The third-order valence-electron chi connectivity index (χ3n) is 2.32. The van der Waals surface area contributed by atoms with Gasteiger partial charge in [0.05, 0.1) is 12.0 Å². The molecular weight excluding hydrogens is 309 g/mol. The lowest BCUT2D eigenvalue weighted by Gasteiger charge is -2.02. The highest BCUT2D eigenvalue weighted by Crippen LogP contribution is 2.14. The van der Waals surface area contributed by atoms with Gasteiger partial charge in [0.2, 0.25) is 5.89 Å². The average Bonchev–Trinajstić information content (AvgIpc) is 2.59. The number of oxazole rings is 1. The second-order valence-corrected chi connectivity index (χ2v) is 4.68. The van der Waals surface area contributed by atoms with Crippen molar-refractivity contribution in [2.75, 3.05) is 0 Å². The van der Waals surface area contributed by atoms with Crippen LogP contribution in [0.15, 0.2) is 20.0 Å². The third kappa shape index (κ3) is 2.42. The molecule has 2 heterocycles. The molecule has 0 N–H and O–H groups in total. The van der Waals surface area contributed by atoms with E-state index in [9.17, 15) is 4.79 Å². The van der Waals surface area contributed by atoms with E-state index in [-0.39, 0.29) is 21.7 Å². The molecule has 0 radical (unpaired) electrons. The molecule has 0 saturated carbocycles. The molecule has 2 aromatic heterocycles. The topological polar surface area (TPSA) is 60.9 Å². The molecule has 17 heavy (non-hydrogen) atoms. The van der Waals surface area contributed by atoms with Gasteiger partial charge in [-0.05, 0) is 29.8 Å². The molecule has 0 unspecified atom stereocenters. The molecule has 2 rings (SSSR count). The molecule has 2 aromatic rings. The molecule has 0 spiro atoms. The molecule has 0 aromatic carbocycles. The van der Waals surface area contributed by atoms with E-state index in [1.165, 1.54) is 10.9 Å². The zero-order valence-corrected chi connectivity index (χ0v) is 11.5. The Morgan fingerprint density at radius 1 is 1.53 bits per heavy atom. The van der Waals surface area contributed by atoms with E-state index < -0.39 is 0 Å². The minimum absolute atomic E-state index is 0.144. The summed E-state index contributed by atoms with van der Waals surface area (Å²) < 4.78 is 7.01. The van der Waals surface area contributed by atoms with E-state index in [1.54, 1.807) is 0 Å². The van der Waals surface area contributed by atoms with Crippen LogP contribution in [-0.4, -0.2) is 14.5 Å². The lowest BCUT2D eigenvalue weighted by molar-refractivity contribution is 0.452. The van der Waals surface area contributed by atoms with Gasteiger partial charge in [-0.1, -0.05) is 11.6 Å². The molecule has 0 atom stereocenters. The molecule has 0 aliphatic rings. The van der Waals surface area contributed by atoms with Crippen LogP contribution < -0.4 is 5.56 Å². The maximum atomic E-state index is 11.8. The fraction of sp³-hybridized carbons (Fsp3) is 0.300. The van der Waals surface area contributed by atoms with Crippen LogP contribution in [0.25, 0.3) is 0 Å². The minimum Gasteiger partial charge on any atom is -0.444 e. The van der Waals surface area contributed by atoms with Crippen LogP contribution in [0.5, 0.6) is 0 Å². The predicted molar refractivity (Wildman–Crippen MR) is 66.3 cm³/mol. The number of rotatable bonds is 2. The first-order valence-corrected chi connectivity index (χ1v) is 5.99. The first-order chi connectivity index (χ1) is 7.99. The summed E-state index contributed by atoms with van der Waals surface area (Å²) in [6.07, 6.45) is 1.37. The van der Waals surface area contributed by atoms with Gasteiger partial charge in [0.15, 0.2) is 5.15 Å². The summed E-state index contributed by atoms with van der Waals surface area (Å²) in [5, 5.41) is 0.144. The molecule has 0 aliphatic heterocycles. The molecule has 0 aliphatic carbocycles. The van der Waals surface area contributed by atoms with E-state index in [0.29, 0.717) is 5.89 Å². The van der Waals surface area contributed by atoms with Crippen molar-refractivity contribution in [2.24, 2.45) is 0 Å². The van der Waals surface area contributed by atoms with E-state index in [0.717, 1.165) is 11.5 Å². The normalized spacial score (nSPS) is 10.8. The van der Waals surface area contributed by atoms with Crippen molar-refractivity contribution in [1.82, 2.24) is 14.5 Å². The molecule has 0 bridgehead atoms. The van der Waals surface area contributed by atoms with Gasteiger partial charge in [-0.3, -0.25) is 9.36 Å². The summed E-state index contributed by atoms with van der Waals surface area (Å²) in [6, 6.07) is 0. The quantitative estimate of drug-likeness (QED) is 0.797. The van der Waals surface area contributed by atoms with Gasteiger partial charge in [-0.15, -0.1) is 0 Å². The maximum absolute atomic E-state index is 11.8. The summed E-state index contributed by atoms with van der Waals surface area (Å²) in [7, 11) is 0. The van der Waals surface area contributed by atoms with Crippen molar-refractivity contribution in [3.8, 4) is 0 Å². The summed E-state index contributed by atoms with van der Waals surface area (Å²) in [6.45, 7) is 3.90. The van der Waals surface area contributed by atoms with E-state index >= 15 is 0 Å². The minimum atomic E-state index is -0.265. The summed E-state index contributed by atoms with van der Waals surface area (Å²) >= 11 is 8.79. The maximum Gasteiger partial charge on any atom is 0.269 e. The Balaban J connectivity index is 2.37. The van der Waals surface area contributed by atoms with Crippen molar-refractivity contribution in [1.29, 1.82) is 0 Å². The van der Waals surface area contributed by atoms with Crippen LogP contribution >= 0.6 is 27.5 Å². The van der Waals surface area contributed by atoms with Gasteiger partial charge in [0.1, 0.15) is 16.8 Å². The highest BCUT2D eigenvalue weighted by molar-refractivity contribution is 9.10. The van der Waals surface area contributed by atoms with Crippen molar-refractivity contribution in [2.45, 2.75) is 20.4 Å².